The Hall–Kier alpha value is -3.71. The van der Waals surface area contributed by atoms with Crippen molar-refractivity contribution in [1.29, 1.82) is 0 Å². The summed E-state index contributed by atoms with van der Waals surface area (Å²) in [6.07, 6.45) is 0. The third-order valence-corrected chi connectivity index (χ3v) is 5.61. The Morgan fingerprint density at radius 1 is 0.429 bits per heavy atom. The minimum absolute atomic E-state index is 1.04. The summed E-state index contributed by atoms with van der Waals surface area (Å²) in [5.74, 6) is 0. The maximum atomic E-state index is 5.26. The van der Waals surface area contributed by atoms with Crippen LogP contribution in [-0.4, -0.2) is 4.98 Å². The Morgan fingerprint density at radius 3 is 1.79 bits per heavy atom. The minimum atomic E-state index is 1.04. The molecule has 0 amide bonds. The number of hydrogen-bond donors (Lipinski definition) is 0. The van der Waals surface area contributed by atoms with Gasteiger partial charge < -0.3 is 0 Å². The Balaban J connectivity index is 1.81. The van der Waals surface area contributed by atoms with Crippen molar-refractivity contribution >= 4 is 10.8 Å². The summed E-state index contributed by atoms with van der Waals surface area (Å²) in [6, 6.07) is 36.4. The molecule has 1 aromatic heterocycles. The summed E-state index contributed by atoms with van der Waals surface area (Å²) in [5, 5.41) is 2.53. The molecule has 1 aliphatic carbocycles. The van der Waals surface area contributed by atoms with Crippen LogP contribution in [0.4, 0.5) is 0 Å². The predicted octanol–water partition coefficient (Wildman–Crippen LogP) is 7.22. The number of benzene rings is 4. The van der Waals surface area contributed by atoms with Crippen LogP contribution in [0.1, 0.15) is 0 Å². The molecule has 0 atom stereocenters. The molecule has 6 rings (SSSR count). The number of fused-ring (bicyclic) bond motifs is 3. The van der Waals surface area contributed by atoms with Gasteiger partial charge in [0.05, 0.1) is 11.4 Å². The topological polar surface area (TPSA) is 12.9 Å². The first kappa shape index (κ1) is 15.4. The van der Waals surface area contributed by atoms with Gasteiger partial charge in [0.25, 0.3) is 0 Å². The molecular formula is C27H17N. The first-order chi connectivity index (χ1) is 13.9. The van der Waals surface area contributed by atoms with Crippen LogP contribution in [0, 0.1) is 0 Å². The maximum absolute atomic E-state index is 5.26. The number of nitrogens with zero attached hydrogens (tertiary/aromatic N) is 1. The zero-order valence-corrected chi connectivity index (χ0v) is 15.3. The molecule has 4 aromatic carbocycles. The third kappa shape index (κ3) is 2.10. The molecule has 1 aliphatic rings. The van der Waals surface area contributed by atoms with Crippen molar-refractivity contribution in [2.45, 2.75) is 0 Å². The second-order valence-corrected chi connectivity index (χ2v) is 7.19. The van der Waals surface area contributed by atoms with Gasteiger partial charge in [0.2, 0.25) is 0 Å². The predicted molar refractivity (Wildman–Crippen MR) is 117 cm³/mol. The van der Waals surface area contributed by atoms with Gasteiger partial charge in [-0.25, -0.2) is 4.98 Å². The summed E-state index contributed by atoms with van der Waals surface area (Å²) < 4.78 is 0. The normalized spacial score (nSPS) is 11.6. The fourth-order valence-corrected chi connectivity index (χ4v) is 4.41. The van der Waals surface area contributed by atoms with Crippen LogP contribution in [0.2, 0.25) is 0 Å². The van der Waals surface area contributed by atoms with E-state index in [-0.39, 0.29) is 0 Å². The zero-order valence-electron chi connectivity index (χ0n) is 15.3. The second-order valence-electron chi connectivity index (χ2n) is 7.19. The van der Waals surface area contributed by atoms with Crippen LogP contribution in [0.5, 0.6) is 0 Å². The number of rotatable bonds is 2. The average Bonchev–Trinajstić information content (AvgIpc) is 3.10. The molecular weight excluding hydrogens is 338 g/mol. The maximum Gasteiger partial charge on any atom is 0.0800 e. The van der Waals surface area contributed by atoms with E-state index in [0.29, 0.717) is 0 Å². The fraction of sp³-hybridized carbons (Fsp3) is 0. The van der Waals surface area contributed by atoms with Crippen molar-refractivity contribution in [3.05, 3.63) is 103 Å². The summed E-state index contributed by atoms with van der Waals surface area (Å²) in [7, 11) is 0. The van der Waals surface area contributed by atoms with Crippen molar-refractivity contribution in [2.24, 2.45) is 0 Å². The quantitative estimate of drug-likeness (QED) is 0.319. The first-order valence-electron chi connectivity index (χ1n) is 9.59. The molecule has 0 radical (unpaired) electrons. The molecule has 130 valence electrons. The summed E-state index contributed by atoms with van der Waals surface area (Å²) in [6.45, 7) is 0. The SMILES string of the molecule is c1ccc(-c2nc3c4c(cccc4c2-c2ccccc2)-c2ccccc2-3)cc1. The Morgan fingerprint density at radius 2 is 1.04 bits per heavy atom. The van der Waals surface area contributed by atoms with Crippen molar-refractivity contribution in [1.82, 2.24) is 4.98 Å². The molecule has 1 heteroatoms. The molecule has 0 saturated carbocycles. The van der Waals surface area contributed by atoms with Crippen molar-refractivity contribution in [2.75, 3.05) is 0 Å². The molecule has 0 spiro atoms. The van der Waals surface area contributed by atoms with Crippen LogP contribution >= 0.6 is 0 Å². The van der Waals surface area contributed by atoms with Gasteiger partial charge in [-0.15, -0.1) is 0 Å². The van der Waals surface area contributed by atoms with Gasteiger partial charge in [-0.1, -0.05) is 103 Å². The highest BCUT2D eigenvalue weighted by Gasteiger charge is 2.26. The van der Waals surface area contributed by atoms with E-state index in [1.165, 1.54) is 38.6 Å². The lowest BCUT2D eigenvalue weighted by atomic mass is 9.92. The van der Waals surface area contributed by atoms with Gasteiger partial charge in [0, 0.05) is 22.1 Å². The number of hydrogen-bond acceptors (Lipinski definition) is 1. The Kier molecular flexibility index (Phi) is 3.24. The van der Waals surface area contributed by atoms with Crippen molar-refractivity contribution < 1.29 is 0 Å². The van der Waals surface area contributed by atoms with Crippen LogP contribution < -0.4 is 0 Å². The van der Waals surface area contributed by atoms with E-state index in [1.807, 2.05) is 0 Å². The van der Waals surface area contributed by atoms with Crippen LogP contribution in [0.15, 0.2) is 103 Å². The molecule has 0 aliphatic heterocycles. The first-order valence-corrected chi connectivity index (χ1v) is 9.59. The van der Waals surface area contributed by atoms with E-state index in [2.05, 4.69) is 103 Å². The van der Waals surface area contributed by atoms with E-state index in [4.69, 9.17) is 4.98 Å². The highest BCUT2D eigenvalue weighted by Crippen LogP contribution is 2.50. The summed E-state index contributed by atoms with van der Waals surface area (Å²) in [5.41, 5.74) is 9.49. The van der Waals surface area contributed by atoms with E-state index >= 15 is 0 Å². The van der Waals surface area contributed by atoms with Crippen LogP contribution in [0.3, 0.4) is 0 Å². The molecule has 1 heterocycles. The molecule has 0 bridgehead atoms. The highest BCUT2D eigenvalue weighted by atomic mass is 14.7. The molecule has 0 unspecified atom stereocenters. The minimum Gasteiger partial charge on any atom is -0.246 e. The molecule has 1 nitrogen and oxygen atoms in total. The van der Waals surface area contributed by atoms with Crippen molar-refractivity contribution in [3.8, 4) is 44.8 Å². The standard InChI is InChI=1S/C27H17N/c1-3-10-18(11-4-1)24-23-17-9-16-21-20-14-7-8-15-22(20)27(25(21)23)28-26(24)19-12-5-2-6-13-19/h1-17H. The molecule has 28 heavy (non-hydrogen) atoms. The lowest BCUT2D eigenvalue weighted by Gasteiger charge is -2.15. The highest BCUT2D eigenvalue weighted by molar-refractivity contribution is 6.19. The molecule has 0 fully saturated rings. The molecule has 0 N–H and O–H groups in total. The van der Waals surface area contributed by atoms with Gasteiger partial charge in [0.15, 0.2) is 0 Å². The largest absolute Gasteiger partial charge is 0.246 e. The smallest absolute Gasteiger partial charge is 0.0800 e. The third-order valence-electron chi connectivity index (χ3n) is 5.61. The van der Waals surface area contributed by atoms with Crippen LogP contribution in [-0.2, 0) is 0 Å². The average molecular weight is 355 g/mol. The van der Waals surface area contributed by atoms with E-state index in [0.717, 1.165) is 17.0 Å². The number of pyridine rings is 1. The van der Waals surface area contributed by atoms with Gasteiger partial charge in [-0.05, 0) is 22.1 Å². The van der Waals surface area contributed by atoms with Gasteiger partial charge >= 0.3 is 0 Å². The van der Waals surface area contributed by atoms with Crippen LogP contribution in [0.25, 0.3) is 55.5 Å². The zero-order chi connectivity index (χ0) is 18.5. The molecule has 5 aromatic rings. The summed E-state index contributed by atoms with van der Waals surface area (Å²) >= 11 is 0. The molecule has 0 saturated heterocycles. The fourth-order valence-electron chi connectivity index (χ4n) is 4.41. The Bertz CT molecular complexity index is 1340. The lowest BCUT2D eigenvalue weighted by Crippen LogP contribution is -1.94. The monoisotopic (exact) mass is 355 g/mol. The van der Waals surface area contributed by atoms with E-state index < -0.39 is 0 Å². The summed E-state index contributed by atoms with van der Waals surface area (Å²) in [4.78, 5) is 5.26. The van der Waals surface area contributed by atoms with Gasteiger partial charge in [-0.3, -0.25) is 0 Å². The Labute approximate surface area is 163 Å². The second kappa shape index (κ2) is 5.90. The van der Waals surface area contributed by atoms with Gasteiger partial charge in [0.1, 0.15) is 0 Å². The van der Waals surface area contributed by atoms with E-state index in [9.17, 15) is 0 Å². The van der Waals surface area contributed by atoms with Crippen molar-refractivity contribution in [3.63, 3.8) is 0 Å². The van der Waals surface area contributed by atoms with Gasteiger partial charge in [-0.2, -0.15) is 0 Å². The number of aromatic nitrogens is 1. The lowest BCUT2D eigenvalue weighted by molar-refractivity contribution is 1.36. The van der Waals surface area contributed by atoms with E-state index in [1.54, 1.807) is 0 Å².